The highest BCUT2D eigenvalue weighted by Crippen LogP contribution is 2.27. The summed E-state index contributed by atoms with van der Waals surface area (Å²) in [5.74, 6) is 0.643. The molecule has 5 aromatic rings. The molecule has 0 fully saturated rings. The number of anilines is 1. The van der Waals surface area contributed by atoms with Gasteiger partial charge in [0, 0.05) is 16.8 Å². The summed E-state index contributed by atoms with van der Waals surface area (Å²) in [4.78, 5) is 25.3. The standard InChI is InChI=1S/C30H22ClNO5/c1-19-25(31)8-5-9-26(19)32-29(33)18-35-23-14-15-24-27(16-23)36-17-28(30(24)34)37-22-12-10-21(11-13-22)20-6-3-2-4-7-20/h2-17H,18H2,1H3,(H,32,33). The molecule has 7 heteroatoms. The summed E-state index contributed by atoms with van der Waals surface area (Å²) in [6, 6.07) is 27.5. The Labute approximate surface area is 218 Å². The maximum Gasteiger partial charge on any atom is 0.262 e. The van der Waals surface area contributed by atoms with Crippen LogP contribution in [0.1, 0.15) is 5.56 Å². The molecule has 0 aliphatic heterocycles. The van der Waals surface area contributed by atoms with Crippen LogP contribution in [0.3, 0.4) is 0 Å². The van der Waals surface area contributed by atoms with Crippen LogP contribution in [-0.2, 0) is 4.79 Å². The second kappa shape index (κ2) is 10.6. The highest BCUT2D eigenvalue weighted by Gasteiger charge is 2.12. The molecule has 1 aromatic heterocycles. The number of benzene rings is 4. The van der Waals surface area contributed by atoms with Crippen LogP contribution in [0.4, 0.5) is 5.69 Å². The van der Waals surface area contributed by atoms with Gasteiger partial charge in [-0.3, -0.25) is 9.59 Å². The first-order chi connectivity index (χ1) is 18.0. The van der Waals surface area contributed by atoms with Crippen molar-refractivity contribution in [2.45, 2.75) is 6.92 Å². The lowest BCUT2D eigenvalue weighted by molar-refractivity contribution is -0.118. The molecule has 5 rings (SSSR count). The number of ether oxygens (including phenoxy) is 2. The molecular weight excluding hydrogens is 490 g/mol. The van der Waals surface area contributed by atoms with Crippen LogP contribution in [-0.4, -0.2) is 12.5 Å². The molecule has 0 aliphatic rings. The molecule has 184 valence electrons. The van der Waals surface area contributed by atoms with E-state index >= 15 is 0 Å². The first-order valence-corrected chi connectivity index (χ1v) is 11.9. The average molecular weight is 512 g/mol. The number of amides is 1. The second-order valence-electron chi connectivity index (χ2n) is 8.33. The van der Waals surface area contributed by atoms with Gasteiger partial charge in [0.25, 0.3) is 5.91 Å². The molecule has 0 aliphatic carbocycles. The van der Waals surface area contributed by atoms with Crippen molar-refractivity contribution >= 4 is 34.2 Å². The van der Waals surface area contributed by atoms with Crippen LogP contribution >= 0.6 is 11.6 Å². The summed E-state index contributed by atoms with van der Waals surface area (Å²) in [7, 11) is 0. The lowest BCUT2D eigenvalue weighted by Crippen LogP contribution is -2.20. The third-order valence-corrected chi connectivity index (χ3v) is 6.22. The second-order valence-corrected chi connectivity index (χ2v) is 8.74. The molecular formula is C30H22ClNO5. The summed E-state index contributed by atoms with van der Waals surface area (Å²) < 4.78 is 17.0. The van der Waals surface area contributed by atoms with Crippen LogP contribution in [0.2, 0.25) is 5.02 Å². The number of fused-ring (bicyclic) bond motifs is 1. The normalized spacial score (nSPS) is 10.8. The molecule has 1 heterocycles. The molecule has 0 spiro atoms. The Morgan fingerprint density at radius 1 is 0.892 bits per heavy atom. The minimum Gasteiger partial charge on any atom is -0.484 e. The largest absolute Gasteiger partial charge is 0.484 e. The van der Waals surface area contributed by atoms with E-state index in [0.29, 0.717) is 33.2 Å². The highest BCUT2D eigenvalue weighted by atomic mass is 35.5. The molecule has 4 aromatic carbocycles. The van der Waals surface area contributed by atoms with E-state index in [1.165, 1.54) is 6.26 Å². The van der Waals surface area contributed by atoms with Gasteiger partial charge in [0.1, 0.15) is 23.3 Å². The van der Waals surface area contributed by atoms with E-state index in [1.54, 1.807) is 48.5 Å². The van der Waals surface area contributed by atoms with E-state index in [1.807, 2.05) is 49.4 Å². The smallest absolute Gasteiger partial charge is 0.262 e. The predicted molar refractivity (Wildman–Crippen MR) is 145 cm³/mol. The maximum absolute atomic E-state index is 13.0. The van der Waals surface area contributed by atoms with Gasteiger partial charge in [0.05, 0.1) is 5.39 Å². The van der Waals surface area contributed by atoms with Gasteiger partial charge < -0.3 is 19.2 Å². The van der Waals surface area contributed by atoms with Crippen molar-refractivity contribution in [1.82, 2.24) is 0 Å². The zero-order valence-corrected chi connectivity index (χ0v) is 20.6. The van der Waals surface area contributed by atoms with Gasteiger partial charge in [-0.1, -0.05) is 60.1 Å². The van der Waals surface area contributed by atoms with Gasteiger partial charge in [-0.05, 0) is 60.0 Å². The van der Waals surface area contributed by atoms with E-state index in [0.717, 1.165) is 16.7 Å². The van der Waals surface area contributed by atoms with Gasteiger partial charge in [-0.15, -0.1) is 0 Å². The van der Waals surface area contributed by atoms with Crippen molar-refractivity contribution in [3.05, 3.63) is 118 Å². The summed E-state index contributed by atoms with van der Waals surface area (Å²) in [6.45, 7) is 1.60. The molecule has 1 amide bonds. The lowest BCUT2D eigenvalue weighted by Gasteiger charge is -2.11. The van der Waals surface area contributed by atoms with Crippen LogP contribution in [0.15, 0.2) is 106 Å². The fraction of sp³-hybridized carbons (Fsp3) is 0.0667. The van der Waals surface area contributed by atoms with Gasteiger partial charge in [-0.25, -0.2) is 0 Å². The topological polar surface area (TPSA) is 77.8 Å². The third-order valence-electron chi connectivity index (χ3n) is 5.82. The first kappa shape index (κ1) is 24.2. The quantitative estimate of drug-likeness (QED) is 0.249. The number of hydrogen-bond donors (Lipinski definition) is 1. The number of rotatable bonds is 7. The zero-order chi connectivity index (χ0) is 25.8. The van der Waals surface area contributed by atoms with E-state index in [-0.39, 0.29) is 23.7 Å². The molecule has 0 bridgehead atoms. The minimum absolute atomic E-state index is 0.0740. The van der Waals surface area contributed by atoms with Crippen LogP contribution in [0.5, 0.6) is 17.2 Å². The van der Waals surface area contributed by atoms with Crippen LogP contribution in [0, 0.1) is 6.92 Å². The SMILES string of the molecule is Cc1c(Cl)cccc1NC(=O)COc1ccc2c(=O)c(Oc3ccc(-c4ccccc4)cc3)coc2c1. The van der Waals surface area contributed by atoms with Gasteiger partial charge in [-0.2, -0.15) is 0 Å². The molecule has 37 heavy (non-hydrogen) atoms. The third kappa shape index (κ3) is 5.50. The van der Waals surface area contributed by atoms with Gasteiger partial charge in [0.2, 0.25) is 11.2 Å². The number of hydrogen-bond acceptors (Lipinski definition) is 5. The number of carbonyl (C=O) groups is 1. The maximum atomic E-state index is 13.0. The number of carbonyl (C=O) groups excluding carboxylic acids is 1. The van der Waals surface area contributed by atoms with Crippen molar-refractivity contribution in [3.8, 4) is 28.4 Å². The van der Waals surface area contributed by atoms with Crippen molar-refractivity contribution in [2.24, 2.45) is 0 Å². The van der Waals surface area contributed by atoms with E-state index < -0.39 is 0 Å². The number of nitrogens with one attached hydrogen (secondary N) is 1. The molecule has 0 saturated carbocycles. The number of halogens is 1. The van der Waals surface area contributed by atoms with Gasteiger partial charge in [0.15, 0.2) is 6.61 Å². The van der Waals surface area contributed by atoms with Crippen LogP contribution < -0.4 is 20.2 Å². The molecule has 0 unspecified atom stereocenters. The first-order valence-electron chi connectivity index (χ1n) is 11.5. The van der Waals surface area contributed by atoms with Crippen LogP contribution in [0.25, 0.3) is 22.1 Å². The van der Waals surface area contributed by atoms with Gasteiger partial charge >= 0.3 is 0 Å². The summed E-state index contributed by atoms with van der Waals surface area (Å²) in [5, 5.41) is 3.68. The summed E-state index contributed by atoms with van der Waals surface area (Å²) in [5.41, 5.74) is 3.54. The monoisotopic (exact) mass is 511 g/mol. The van der Waals surface area contributed by atoms with Crippen molar-refractivity contribution in [1.29, 1.82) is 0 Å². The fourth-order valence-electron chi connectivity index (χ4n) is 3.80. The molecule has 1 N–H and O–H groups in total. The van der Waals surface area contributed by atoms with E-state index in [4.69, 9.17) is 25.5 Å². The fourth-order valence-corrected chi connectivity index (χ4v) is 3.98. The summed E-state index contributed by atoms with van der Waals surface area (Å²) in [6.07, 6.45) is 1.27. The lowest BCUT2D eigenvalue weighted by atomic mass is 10.1. The molecule has 0 atom stereocenters. The summed E-state index contributed by atoms with van der Waals surface area (Å²) >= 11 is 6.10. The highest BCUT2D eigenvalue weighted by molar-refractivity contribution is 6.31. The van der Waals surface area contributed by atoms with Crippen molar-refractivity contribution in [2.75, 3.05) is 11.9 Å². The molecule has 6 nitrogen and oxygen atoms in total. The Bertz CT molecular complexity index is 1630. The Balaban J connectivity index is 1.26. The van der Waals surface area contributed by atoms with Crippen molar-refractivity contribution < 1.29 is 18.7 Å². The minimum atomic E-state index is -0.339. The Kier molecular flexibility index (Phi) is 6.92. The van der Waals surface area contributed by atoms with Crippen molar-refractivity contribution in [3.63, 3.8) is 0 Å². The Morgan fingerprint density at radius 3 is 2.41 bits per heavy atom. The molecule has 0 radical (unpaired) electrons. The average Bonchev–Trinajstić information content (AvgIpc) is 2.92. The van der Waals surface area contributed by atoms with E-state index in [2.05, 4.69) is 5.32 Å². The van der Waals surface area contributed by atoms with E-state index in [9.17, 15) is 9.59 Å². The predicted octanol–water partition coefficient (Wildman–Crippen LogP) is 7.23. The zero-order valence-electron chi connectivity index (χ0n) is 19.9. The molecule has 0 saturated heterocycles. The Morgan fingerprint density at radius 2 is 1.62 bits per heavy atom. The Hall–Kier alpha value is -4.55.